The van der Waals surface area contributed by atoms with E-state index in [1.54, 1.807) is 13.2 Å². The number of nitrogens with zero attached hydrogens (tertiary/aromatic N) is 1. The lowest BCUT2D eigenvalue weighted by molar-refractivity contribution is -0.121. The summed E-state index contributed by atoms with van der Waals surface area (Å²) in [7, 11) is 1.61. The molecule has 2 aromatic rings. The van der Waals surface area contributed by atoms with Crippen LogP contribution in [0.2, 0.25) is 0 Å². The summed E-state index contributed by atoms with van der Waals surface area (Å²) in [5, 5.41) is 12.3. The van der Waals surface area contributed by atoms with Crippen LogP contribution < -0.4 is 10.1 Å². The quantitative estimate of drug-likeness (QED) is 0.734. The summed E-state index contributed by atoms with van der Waals surface area (Å²) >= 11 is 0. The first-order chi connectivity index (χ1) is 15.3. The Bertz CT molecular complexity index is 1090. The Labute approximate surface area is 187 Å². The van der Waals surface area contributed by atoms with Gasteiger partial charge in [-0.05, 0) is 74.4 Å². The van der Waals surface area contributed by atoms with Crippen molar-refractivity contribution in [1.82, 2.24) is 4.90 Å². The molecule has 0 atom stereocenters. The lowest BCUT2D eigenvalue weighted by Gasteiger charge is -2.34. The SMILES string of the molecule is COc1cc(NC(=O)C2CCC(N3Cc4c(C)cc(C(=O)O)cc4C3=O)CC2)ccc1C. The number of aryl methyl sites for hydroxylation is 2. The molecule has 2 aliphatic rings. The highest BCUT2D eigenvalue weighted by Gasteiger charge is 2.37. The van der Waals surface area contributed by atoms with Crippen LogP contribution in [0.15, 0.2) is 30.3 Å². The van der Waals surface area contributed by atoms with Crippen molar-refractivity contribution in [2.24, 2.45) is 5.92 Å². The van der Waals surface area contributed by atoms with Gasteiger partial charge in [0.15, 0.2) is 0 Å². The van der Waals surface area contributed by atoms with Crippen molar-refractivity contribution in [3.8, 4) is 5.75 Å². The number of benzene rings is 2. The Balaban J connectivity index is 1.38. The number of ether oxygens (including phenoxy) is 1. The molecule has 2 N–H and O–H groups in total. The summed E-state index contributed by atoms with van der Waals surface area (Å²) in [6.45, 7) is 4.31. The Morgan fingerprint density at radius 1 is 1.06 bits per heavy atom. The standard InChI is InChI=1S/C25H28N2O5/c1-14-4-7-18(12-22(14)32-3)26-23(28)16-5-8-19(9-6-16)27-13-21-15(2)10-17(25(30)31)11-20(21)24(27)29/h4,7,10-12,16,19H,5-6,8-9,13H2,1-3H3,(H,26,28)(H,30,31). The van der Waals surface area contributed by atoms with Crippen LogP contribution >= 0.6 is 0 Å². The molecule has 0 saturated heterocycles. The molecule has 1 heterocycles. The molecular weight excluding hydrogens is 408 g/mol. The Hall–Kier alpha value is -3.35. The normalized spacial score (nSPS) is 20.1. The van der Waals surface area contributed by atoms with Crippen LogP contribution in [0.5, 0.6) is 5.75 Å². The lowest BCUT2D eigenvalue weighted by Crippen LogP contribution is -2.40. The smallest absolute Gasteiger partial charge is 0.335 e. The van der Waals surface area contributed by atoms with E-state index in [4.69, 9.17) is 4.74 Å². The zero-order valence-corrected chi connectivity index (χ0v) is 18.6. The van der Waals surface area contributed by atoms with Crippen LogP contribution in [0.4, 0.5) is 5.69 Å². The number of methoxy groups -OCH3 is 1. The predicted octanol–water partition coefficient (Wildman–Crippen LogP) is 4.16. The van der Waals surface area contributed by atoms with Crippen LogP contribution in [-0.4, -0.2) is 40.9 Å². The van der Waals surface area contributed by atoms with Gasteiger partial charge in [0.05, 0.1) is 12.7 Å². The minimum Gasteiger partial charge on any atom is -0.496 e. The topological polar surface area (TPSA) is 95.9 Å². The number of rotatable bonds is 5. The van der Waals surface area contributed by atoms with Crippen molar-refractivity contribution >= 4 is 23.5 Å². The number of carbonyl (C=O) groups excluding carboxylic acids is 2. The number of nitrogens with one attached hydrogen (secondary N) is 1. The van der Waals surface area contributed by atoms with E-state index in [1.165, 1.54) is 6.07 Å². The van der Waals surface area contributed by atoms with Gasteiger partial charge in [-0.15, -0.1) is 0 Å². The fourth-order valence-electron chi connectivity index (χ4n) is 4.82. The number of carbonyl (C=O) groups is 3. The number of carboxylic acids is 1. The summed E-state index contributed by atoms with van der Waals surface area (Å²) in [6, 6.07) is 8.79. The maximum atomic E-state index is 13.0. The second-order valence-electron chi connectivity index (χ2n) is 8.74. The highest BCUT2D eigenvalue weighted by atomic mass is 16.5. The third-order valence-corrected chi connectivity index (χ3v) is 6.72. The van der Waals surface area contributed by atoms with Crippen LogP contribution in [0.3, 0.4) is 0 Å². The molecule has 1 fully saturated rings. The van der Waals surface area contributed by atoms with Gasteiger partial charge in [-0.25, -0.2) is 4.79 Å². The number of hydrogen-bond donors (Lipinski definition) is 2. The third-order valence-electron chi connectivity index (χ3n) is 6.72. The molecule has 0 bridgehead atoms. The molecule has 2 aromatic carbocycles. The fraction of sp³-hybridized carbons (Fsp3) is 0.400. The van der Waals surface area contributed by atoms with E-state index in [0.717, 1.165) is 41.0 Å². The minimum atomic E-state index is -1.03. The van der Waals surface area contributed by atoms with Crippen molar-refractivity contribution in [3.05, 3.63) is 58.1 Å². The second kappa shape index (κ2) is 8.65. The van der Waals surface area contributed by atoms with Gasteiger partial charge in [0.1, 0.15) is 5.75 Å². The number of fused-ring (bicyclic) bond motifs is 1. The predicted molar refractivity (Wildman–Crippen MR) is 120 cm³/mol. The van der Waals surface area contributed by atoms with Crippen LogP contribution in [0.25, 0.3) is 0 Å². The fourth-order valence-corrected chi connectivity index (χ4v) is 4.82. The molecule has 0 radical (unpaired) electrons. The van der Waals surface area contributed by atoms with Gasteiger partial charge in [0, 0.05) is 35.8 Å². The van der Waals surface area contributed by atoms with E-state index in [9.17, 15) is 19.5 Å². The Morgan fingerprint density at radius 3 is 2.44 bits per heavy atom. The lowest BCUT2D eigenvalue weighted by atomic mass is 9.84. The van der Waals surface area contributed by atoms with Gasteiger partial charge in [-0.1, -0.05) is 6.07 Å². The number of anilines is 1. The maximum absolute atomic E-state index is 13.0. The molecule has 168 valence electrons. The van der Waals surface area contributed by atoms with Gasteiger partial charge < -0.3 is 20.1 Å². The summed E-state index contributed by atoms with van der Waals surface area (Å²) in [4.78, 5) is 39.0. The summed E-state index contributed by atoms with van der Waals surface area (Å²) < 4.78 is 5.33. The number of hydrogen-bond acceptors (Lipinski definition) is 4. The molecule has 1 saturated carbocycles. The first kappa shape index (κ1) is 21.9. The number of carboxylic acid groups (broad SMARTS) is 1. The van der Waals surface area contributed by atoms with E-state index in [2.05, 4.69) is 5.32 Å². The summed E-state index contributed by atoms with van der Waals surface area (Å²) in [5.74, 6) is -0.503. The highest BCUT2D eigenvalue weighted by molar-refractivity contribution is 6.01. The van der Waals surface area contributed by atoms with Crippen molar-refractivity contribution in [2.75, 3.05) is 12.4 Å². The van der Waals surface area contributed by atoms with E-state index >= 15 is 0 Å². The average Bonchev–Trinajstić information content (AvgIpc) is 3.12. The first-order valence-corrected chi connectivity index (χ1v) is 10.9. The van der Waals surface area contributed by atoms with E-state index < -0.39 is 5.97 Å². The molecular formula is C25H28N2O5. The van der Waals surface area contributed by atoms with E-state index in [-0.39, 0.29) is 29.3 Å². The van der Waals surface area contributed by atoms with E-state index in [1.807, 2.05) is 36.9 Å². The summed E-state index contributed by atoms with van der Waals surface area (Å²) in [6.07, 6.45) is 2.91. The van der Waals surface area contributed by atoms with Crippen LogP contribution in [0, 0.1) is 19.8 Å². The molecule has 7 nitrogen and oxygen atoms in total. The average molecular weight is 437 g/mol. The zero-order valence-electron chi connectivity index (χ0n) is 18.6. The molecule has 0 spiro atoms. The van der Waals surface area contributed by atoms with Crippen molar-refractivity contribution in [1.29, 1.82) is 0 Å². The van der Waals surface area contributed by atoms with E-state index in [0.29, 0.717) is 24.9 Å². The van der Waals surface area contributed by atoms with Gasteiger partial charge in [0.2, 0.25) is 5.91 Å². The van der Waals surface area contributed by atoms with Crippen molar-refractivity contribution in [3.63, 3.8) is 0 Å². The molecule has 32 heavy (non-hydrogen) atoms. The first-order valence-electron chi connectivity index (χ1n) is 10.9. The van der Waals surface area contributed by atoms with Crippen LogP contribution in [0.1, 0.15) is 63.1 Å². The molecule has 2 amide bonds. The zero-order chi connectivity index (χ0) is 23.0. The maximum Gasteiger partial charge on any atom is 0.335 e. The molecule has 7 heteroatoms. The Morgan fingerprint density at radius 2 is 1.78 bits per heavy atom. The monoisotopic (exact) mass is 436 g/mol. The molecule has 1 aliphatic heterocycles. The minimum absolute atomic E-state index is 0.00710. The van der Waals surface area contributed by atoms with Gasteiger partial charge >= 0.3 is 5.97 Å². The number of amides is 2. The van der Waals surface area contributed by atoms with Crippen molar-refractivity contribution < 1.29 is 24.2 Å². The van der Waals surface area contributed by atoms with Gasteiger partial charge in [-0.2, -0.15) is 0 Å². The second-order valence-corrected chi connectivity index (χ2v) is 8.74. The summed E-state index contributed by atoms with van der Waals surface area (Å²) in [5.41, 5.74) is 4.10. The largest absolute Gasteiger partial charge is 0.496 e. The Kier molecular flexibility index (Phi) is 5.91. The van der Waals surface area contributed by atoms with Crippen LogP contribution in [-0.2, 0) is 11.3 Å². The van der Waals surface area contributed by atoms with Gasteiger partial charge in [0.25, 0.3) is 5.91 Å². The highest BCUT2D eigenvalue weighted by Crippen LogP contribution is 2.35. The van der Waals surface area contributed by atoms with Crippen molar-refractivity contribution in [2.45, 2.75) is 52.1 Å². The third kappa shape index (κ3) is 4.07. The molecule has 0 unspecified atom stereocenters. The molecule has 0 aromatic heterocycles. The molecule has 1 aliphatic carbocycles. The number of aromatic carboxylic acids is 1. The molecule has 4 rings (SSSR count). The van der Waals surface area contributed by atoms with Gasteiger partial charge in [-0.3, -0.25) is 9.59 Å².